The summed E-state index contributed by atoms with van der Waals surface area (Å²) in [5, 5.41) is 3.99. The van der Waals surface area contributed by atoms with Crippen LogP contribution in [0.3, 0.4) is 0 Å². The molecule has 5 nitrogen and oxygen atoms in total. The number of hydrogen-bond acceptors (Lipinski definition) is 5. The quantitative estimate of drug-likeness (QED) is 0.853. The van der Waals surface area contributed by atoms with E-state index in [4.69, 9.17) is 15.0 Å². The third-order valence-electron chi connectivity index (χ3n) is 3.28. The molecule has 3 rings (SSSR count). The number of rotatable bonds is 4. The number of benzene rings is 1. The van der Waals surface area contributed by atoms with E-state index in [1.807, 2.05) is 24.3 Å². The number of aromatic nitrogens is 2. The summed E-state index contributed by atoms with van der Waals surface area (Å²) in [4.78, 5) is 4.40. The molecule has 0 bridgehead atoms. The molecule has 0 radical (unpaired) electrons. The monoisotopic (exact) mass is 259 g/mol. The van der Waals surface area contributed by atoms with Crippen molar-refractivity contribution in [2.75, 3.05) is 12.3 Å². The van der Waals surface area contributed by atoms with Crippen LogP contribution in [0.25, 0.3) is 0 Å². The molecule has 19 heavy (non-hydrogen) atoms. The highest BCUT2D eigenvalue weighted by Crippen LogP contribution is 2.26. The SMILES string of the molecule is Nc1cccc(CCc2nc(C3CCCO3)no2)c1. The van der Waals surface area contributed by atoms with E-state index in [1.54, 1.807) is 0 Å². The average molecular weight is 259 g/mol. The third-order valence-corrected chi connectivity index (χ3v) is 3.28. The van der Waals surface area contributed by atoms with Crippen molar-refractivity contribution in [3.05, 3.63) is 41.5 Å². The predicted octanol–water partition coefficient (Wildman–Crippen LogP) is 2.29. The third kappa shape index (κ3) is 2.93. The van der Waals surface area contributed by atoms with Crippen molar-refractivity contribution in [1.29, 1.82) is 0 Å². The van der Waals surface area contributed by atoms with E-state index in [0.29, 0.717) is 11.7 Å². The van der Waals surface area contributed by atoms with Gasteiger partial charge in [-0.3, -0.25) is 0 Å². The molecule has 0 saturated carbocycles. The minimum Gasteiger partial charge on any atom is -0.399 e. The topological polar surface area (TPSA) is 74.2 Å². The summed E-state index contributed by atoms with van der Waals surface area (Å²) in [7, 11) is 0. The van der Waals surface area contributed by atoms with Gasteiger partial charge in [0, 0.05) is 18.7 Å². The fraction of sp³-hybridized carbons (Fsp3) is 0.429. The van der Waals surface area contributed by atoms with Gasteiger partial charge in [-0.05, 0) is 37.0 Å². The zero-order chi connectivity index (χ0) is 13.1. The van der Waals surface area contributed by atoms with E-state index in [-0.39, 0.29) is 6.10 Å². The summed E-state index contributed by atoms with van der Waals surface area (Å²) in [6, 6.07) is 7.85. The molecule has 5 heteroatoms. The van der Waals surface area contributed by atoms with Crippen molar-refractivity contribution < 1.29 is 9.26 Å². The first-order valence-electron chi connectivity index (χ1n) is 6.60. The molecule has 2 heterocycles. The van der Waals surface area contributed by atoms with Crippen LogP contribution >= 0.6 is 0 Å². The molecule has 1 unspecified atom stereocenters. The van der Waals surface area contributed by atoms with Gasteiger partial charge < -0.3 is 15.0 Å². The Morgan fingerprint density at radius 2 is 2.26 bits per heavy atom. The molecule has 0 aliphatic carbocycles. The van der Waals surface area contributed by atoms with Gasteiger partial charge in [-0.2, -0.15) is 4.98 Å². The minimum absolute atomic E-state index is 0.0184. The minimum atomic E-state index is 0.0184. The standard InChI is InChI=1S/C14H17N3O2/c15-11-4-1-3-10(9-11)6-7-13-16-14(17-19-13)12-5-2-8-18-12/h1,3-4,9,12H,2,5-8,15H2. The maximum absolute atomic E-state index is 5.75. The molecule has 0 amide bonds. The summed E-state index contributed by atoms with van der Waals surface area (Å²) < 4.78 is 10.8. The second-order valence-corrected chi connectivity index (χ2v) is 4.79. The van der Waals surface area contributed by atoms with Crippen molar-refractivity contribution in [3.8, 4) is 0 Å². The van der Waals surface area contributed by atoms with Crippen LogP contribution in [0.5, 0.6) is 0 Å². The highest BCUT2D eigenvalue weighted by molar-refractivity contribution is 5.40. The van der Waals surface area contributed by atoms with E-state index in [0.717, 1.165) is 38.0 Å². The van der Waals surface area contributed by atoms with E-state index < -0.39 is 0 Å². The summed E-state index contributed by atoms with van der Waals surface area (Å²) >= 11 is 0. The van der Waals surface area contributed by atoms with Gasteiger partial charge in [-0.25, -0.2) is 0 Å². The van der Waals surface area contributed by atoms with Crippen LogP contribution < -0.4 is 5.73 Å². The van der Waals surface area contributed by atoms with Crippen LogP contribution in [-0.4, -0.2) is 16.7 Å². The zero-order valence-corrected chi connectivity index (χ0v) is 10.7. The summed E-state index contributed by atoms with van der Waals surface area (Å²) in [5.41, 5.74) is 7.70. The van der Waals surface area contributed by atoms with Crippen LogP contribution in [0, 0.1) is 0 Å². The molecule has 1 aromatic carbocycles. The lowest BCUT2D eigenvalue weighted by atomic mass is 10.1. The fourth-order valence-corrected chi connectivity index (χ4v) is 2.28. The predicted molar refractivity (Wildman–Crippen MR) is 70.5 cm³/mol. The molecular formula is C14H17N3O2. The summed E-state index contributed by atoms with van der Waals surface area (Å²) in [6.45, 7) is 0.790. The molecule has 1 fully saturated rings. The highest BCUT2D eigenvalue weighted by atomic mass is 16.5. The first-order chi connectivity index (χ1) is 9.31. The Morgan fingerprint density at radius 1 is 1.32 bits per heavy atom. The molecule has 2 aromatic rings. The first kappa shape index (κ1) is 12.2. The van der Waals surface area contributed by atoms with Gasteiger partial charge in [0.1, 0.15) is 6.10 Å². The Morgan fingerprint density at radius 3 is 3.05 bits per heavy atom. The number of nitrogen functional groups attached to an aromatic ring is 1. The van der Waals surface area contributed by atoms with Crippen LogP contribution in [-0.2, 0) is 17.6 Å². The summed E-state index contributed by atoms with van der Waals surface area (Å²) in [5.74, 6) is 1.34. The molecule has 1 aromatic heterocycles. The normalized spacial score (nSPS) is 18.8. The Kier molecular flexibility index (Phi) is 3.46. The van der Waals surface area contributed by atoms with Gasteiger partial charge in [0.05, 0.1) is 0 Å². The molecule has 1 atom stereocenters. The van der Waals surface area contributed by atoms with Crippen molar-refractivity contribution in [1.82, 2.24) is 10.1 Å². The number of nitrogens with two attached hydrogens (primary N) is 1. The highest BCUT2D eigenvalue weighted by Gasteiger charge is 2.22. The number of anilines is 1. The molecule has 0 spiro atoms. The maximum atomic E-state index is 5.75. The van der Waals surface area contributed by atoms with E-state index >= 15 is 0 Å². The number of ether oxygens (including phenoxy) is 1. The fourth-order valence-electron chi connectivity index (χ4n) is 2.28. The molecular weight excluding hydrogens is 242 g/mol. The van der Waals surface area contributed by atoms with Crippen molar-refractivity contribution in [2.24, 2.45) is 0 Å². The lowest BCUT2D eigenvalue weighted by Crippen LogP contribution is -1.99. The van der Waals surface area contributed by atoms with Crippen LogP contribution in [0.4, 0.5) is 5.69 Å². The van der Waals surface area contributed by atoms with E-state index in [9.17, 15) is 0 Å². The van der Waals surface area contributed by atoms with Crippen LogP contribution in [0.1, 0.15) is 36.2 Å². The van der Waals surface area contributed by atoms with E-state index in [2.05, 4.69) is 10.1 Å². The number of hydrogen-bond donors (Lipinski definition) is 1. The lowest BCUT2D eigenvalue weighted by molar-refractivity contribution is 0.103. The Bertz CT molecular complexity index is 547. The average Bonchev–Trinajstić information content (AvgIpc) is 3.07. The van der Waals surface area contributed by atoms with Crippen LogP contribution in [0.15, 0.2) is 28.8 Å². The molecule has 2 N–H and O–H groups in total. The second-order valence-electron chi connectivity index (χ2n) is 4.79. The van der Waals surface area contributed by atoms with Gasteiger partial charge >= 0.3 is 0 Å². The van der Waals surface area contributed by atoms with Crippen molar-refractivity contribution >= 4 is 5.69 Å². The Labute approximate surface area is 111 Å². The van der Waals surface area contributed by atoms with Gasteiger partial charge in [-0.1, -0.05) is 17.3 Å². The maximum Gasteiger partial charge on any atom is 0.227 e. The molecule has 100 valence electrons. The van der Waals surface area contributed by atoms with Crippen molar-refractivity contribution in [2.45, 2.75) is 31.8 Å². The Balaban J connectivity index is 1.61. The largest absolute Gasteiger partial charge is 0.399 e. The molecule has 1 aliphatic heterocycles. The van der Waals surface area contributed by atoms with Crippen molar-refractivity contribution in [3.63, 3.8) is 0 Å². The first-order valence-corrected chi connectivity index (χ1v) is 6.60. The Hall–Kier alpha value is -1.88. The van der Waals surface area contributed by atoms with Gasteiger partial charge in [0.2, 0.25) is 11.7 Å². The molecule has 1 saturated heterocycles. The number of nitrogens with zero attached hydrogens (tertiary/aromatic N) is 2. The zero-order valence-electron chi connectivity index (χ0n) is 10.7. The lowest BCUT2D eigenvalue weighted by Gasteiger charge is -2.01. The van der Waals surface area contributed by atoms with Gasteiger partial charge in [-0.15, -0.1) is 0 Å². The van der Waals surface area contributed by atoms with Crippen LogP contribution in [0.2, 0.25) is 0 Å². The molecule has 1 aliphatic rings. The van der Waals surface area contributed by atoms with Gasteiger partial charge in [0.25, 0.3) is 0 Å². The smallest absolute Gasteiger partial charge is 0.227 e. The number of aryl methyl sites for hydroxylation is 2. The summed E-state index contributed by atoms with van der Waals surface area (Å²) in [6.07, 6.45) is 3.64. The second kappa shape index (κ2) is 5.40. The van der Waals surface area contributed by atoms with E-state index in [1.165, 1.54) is 5.56 Å². The van der Waals surface area contributed by atoms with Gasteiger partial charge in [0.15, 0.2) is 0 Å².